The molecular weight excluding hydrogens is 438 g/mol. The highest BCUT2D eigenvalue weighted by atomic mass is 16.5. The number of hydrogen-bond donors (Lipinski definition) is 0. The zero-order valence-electron chi connectivity index (χ0n) is 21.3. The lowest BCUT2D eigenvalue weighted by Gasteiger charge is -2.27. The number of amides is 1. The first-order valence-electron chi connectivity index (χ1n) is 12.9. The Balaban J connectivity index is 1.55. The molecule has 0 spiro atoms. The number of morpholine rings is 1. The molecule has 1 saturated heterocycles. The standard InChI is InChI=1S/C29H37N3O3/c1-4-32(29(33)23-7-5-6-8-23)27-19-25(17-21(2)22(27)3)24-9-10-28(26(18-24)20-30)35-16-13-31-11-14-34-15-12-31/h9-10,17-19,23H,4-8,11-16H2,1-3H3. The molecule has 2 aliphatic rings. The Morgan fingerprint density at radius 3 is 2.57 bits per heavy atom. The van der Waals surface area contributed by atoms with E-state index in [2.05, 4.69) is 36.9 Å². The summed E-state index contributed by atoms with van der Waals surface area (Å²) in [5.41, 5.74) is 5.74. The van der Waals surface area contributed by atoms with Crippen molar-refractivity contribution in [3.63, 3.8) is 0 Å². The second-order valence-corrected chi connectivity index (χ2v) is 9.63. The molecule has 1 aliphatic carbocycles. The van der Waals surface area contributed by atoms with E-state index < -0.39 is 0 Å². The van der Waals surface area contributed by atoms with Gasteiger partial charge in [0.2, 0.25) is 5.91 Å². The molecule has 1 saturated carbocycles. The maximum atomic E-state index is 13.3. The number of nitrogens with zero attached hydrogens (tertiary/aromatic N) is 3. The molecule has 1 aliphatic heterocycles. The Hall–Kier alpha value is -2.88. The largest absolute Gasteiger partial charge is 0.491 e. The minimum absolute atomic E-state index is 0.136. The van der Waals surface area contributed by atoms with E-state index in [0.29, 0.717) is 24.5 Å². The summed E-state index contributed by atoms with van der Waals surface area (Å²) < 4.78 is 11.4. The number of ether oxygens (including phenoxy) is 2. The predicted octanol–water partition coefficient (Wildman–Crippen LogP) is 5.10. The average molecular weight is 476 g/mol. The van der Waals surface area contributed by atoms with Gasteiger partial charge in [-0.15, -0.1) is 0 Å². The topological polar surface area (TPSA) is 65.8 Å². The van der Waals surface area contributed by atoms with Crippen LogP contribution in [0.4, 0.5) is 5.69 Å². The maximum Gasteiger partial charge on any atom is 0.230 e. The van der Waals surface area contributed by atoms with E-state index in [1.54, 1.807) is 0 Å². The van der Waals surface area contributed by atoms with E-state index in [1.807, 2.05) is 30.0 Å². The monoisotopic (exact) mass is 475 g/mol. The first-order chi connectivity index (χ1) is 17.0. The summed E-state index contributed by atoms with van der Waals surface area (Å²) in [6.07, 6.45) is 4.27. The quantitative estimate of drug-likeness (QED) is 0.532. The number of anilines is 1. The lowest BCUT2D eigenvalue weighted by Crippen LogP contribution is -2.38. The van der Waals surface area contributed by atoms with Crippen molar-refractivity contribution < 1.29 is 14.3 Å². The fourth-order valence-electron chi connectivity index (χ4n) is 5.16. The number of benzene rings is 2. The van der Waals surface area contributed by atoms with Crippen LogP contribution in [0.3, 0.4) is 0 Å². The van der Waals surface area contributed by atoms with Gasteiger partial charge in [0.1, 0.15) is 18.4 Å². The van der Waals surface area contributed by atoms with Gasteiger partial charge in [-0.2, -0.15) is 5.26 Å². The highest BCUT2D eigenvalue weighted by molar-refractivity contribution is 5.96. The van der Waals surface area contributed by atoms with Crippen LogP contribution in [0, 0.1) is 31.1 Å². The van der Waals surface area contributed by atoms with Crippen LogP contribution in [0.1, 0.15) is 49.3 Å². The van der Waals surface area contributed by atoms with Crippen molar-refractivity contribution in [2.24, 2.45) is 5.92 Å². The normalized spacial score (nSPS) is 16.7. The molecule has 2 aromatic rings. The van der Waals surface area contributed by atoms with E-state index in [0.717, 1.165) is 86.5 Å². The molecule has 0 N–H and O–H groups in total. The molecule has 0 aromatic heterocycles. The van der Waals surface area contributed by atoms with Crippen molar-refractivity contribution in [2.75, 3.05) is 50.9 Å². The highest BCUT2D eigenvalue weighted by Gasteiger charge is 2.28. The molecule has 0 atom stereocenters. The fraction of sp³-hybridized carbons (Fsp3) is 0.517. The smallest absolute Gasteiger partial charge is 0.230 e. The van der Waals surface area contributed by atoms with Gasteiger partial charge < -0.3 is 14.4 Å². The molecule has 1 amide bonds. The number of rotatable bonds is 8. The van der Waals surface area contributed by atoms with Crippen molar-refractivity contribution in [3.8, 4) is 22.9 Å². The van der Waals surface area contributed by atoms with Crippen molar-refractivity contribution >= 4 is 11.6 Å². The summed E-state index contributed by atoms with van der Waals surface area (Å²) in [6.45, 7) is 11.6. The summed E-state index contributed by atoms with van der Waals surface area (Å²) in [5, 5.41) is 9.80. The number of aryl methyl sites for hydroxylation is 1. The van der Waals surface area contributed by atoms with Crippen molar-refractivity contribution in [2.45, 2.75) is 46.5 Å². The van der Waals surface area contributed by atoms with Gasteiger partial charge in [-0.05, 0) is 74.1 Å². The van der Waals surface area contributed by atoms with Crippen LogP contribution < -0.4 is 9.64 Å². The van der Waals surface area contributed by atoms with Gasteiger partial charge in [-0.1, -0.05) is 25.0 Å². The second-order valence-electron chi connectivity index (χ2n) is 9.63. The SMILES string of the molecule is CCN(C(=O)C1CCCC1)c1cc(-c2ccc(OCCN3CCOCC3)c(C#N)c2)cc(C)c1C. The molecule has 1 heterocycles. The van der Waals surface area contributed by atoms with Gasteiger partial charge in [0, 0.05) is 37.8 Å². The molecular formula is C29H37N3O3. The number of nitriles is 1. The van der Waals surface area contributed by atoms with E-state index in [4.69, 9.17) is 9.47 Å². The maximum absolute atomic E-state index is 13.3. The van der Waals surface area contributed by atoms with Crippen molar-refractivity contribution in [1.29, 1.82) is 5.26 Å². The van der Waals surface area contributed by atoms with E-state index in [1.165, 1.54) is 0 Å². The summed E-state index contributed by atoms with van der Waals surface area (Å²) in [5.74, 6) is 0.990. The number of carbonyl (C=O) groups excluding carboxylic acids is 1. The Morgan fingerprint density at radius 1 is 1.14 bits per heavy atom. The van der Waals surface area contributed by atoms with Crippen molar-refractivity contribution in [1.82, 2.24) is 4.90 Å². The first-order valence-corrected chi connectivity index (χ1v) is 12.9. The van der Waals surface area contributed by atoms with Crippen LogP contribution in [0.2, 0.25) is 0 Å². The summed E-state index contributed by atoms with van der Waals surface area (Å²) >= 11 is 0. The summed E-state index contributed by atoms with van der Waals surface area (Å²) in [4.78, 5) is 17.6. The van der Waals surface area contributed by atoms with E-state index in [9.17, 15) is 10.1 Å². The van der Waals surface area contributed by atoms with Gasteiger partial charge >= 0.3 is 0 Å². The molecule has 0 unspecified atom stereocenters. The summed E-state index contributed by atoms with van der Waals surface area (Å²) in [6, 6.07) is 12.3. The first kappa shape index (κ1) is 25.2. The van der Waals surface area contributed by atoms with Gasteiger partial charge in [0.05, 0.1) is 18.8 Å². The third kappa shape index (κ3) is 5.86. The Kier molecular flexibility index (Phi) is 8.43. The second kappa shape index (κ2) is 11.7. The van der Waals surface area contributed by atoms with Gasteiger partial charge in [0.15, 0.2) is 0 Å². The predicted molar refractivity (Wildman–Crippen MR) is 139 cm³/mol. The molecule has 35 heavy (non-hydrogen) atoms. The zero-order chi connectivity index (χ0) is 24.8. The molecule has 2 fully saturated rings. The minimum Gasteiger partial charge on any atom is -0.491 e. The van der Waals surface area contributed by atoms with Crippen LogP contribution in [0.15, 0.2) is 30.3 Å². The zero-order valence-corrected chi connectivity index (χ0v) is 21.3. The van der Waals surface area contributed by atoms with Crippen LogP contribution in [-0.2, 0) is 9.53 Å². The van der Waals surface area contributed by atoms with E-state index >= 15 is 0 Å². The molecule has 0 radical (unpaired) electrons. The molecule has 6 heteroatoms. The number of carbonyl (C=O) groups is 1. The molecule has 4 rings (SSSR count). The Morgan fingerprint density at radius 2 is 1.89 bits per heavy atom. The molecule has 186 valence electrons. The lowest BCUT2D eigenvalue weighted by molar-refractivity contribution is -0.122. The van der Waals surface area contributed by atoms with Crippen LogP contribution in [0.25, 0.3) is 11.1 Å². The third-order valence-electron chi connectivity index (χ3n) is 7.42. The fourth-order valence-corrected chi connectivity index (χ4v) is 5.16. The molecule has 0 bridgehead atoms. The minimum atomic E-state index is 0.136. The van der Waals surface area contributed by atoms with Crippen molar-refractivity contribution in [3.05, 3.63) is 47.0 Å². The van der Waals surface area contributed by atoms with E-state index in [-0.39, 0.29) is 11.8 Å². The lowest BCUT2D eigenvalue weighted by atomic mass is 9.96. The Labute approximate surface area is 209 Å². The molecule has 6 nitrogen and oxygen atoms in total. The number of hydrogen-bond acceptors (Lipinski definition) is 5. The third-order valence-corrected chi connectivity index (χ3v) is 7.42. The van der Waals surface area contributed by atoms with Gasteiger partial charge in [-0.25, -0.2) is 0 Å². The van der Waals surface area contributed by atoms with Crippen LogP contribution >= 0.6 is 0 Å². The summed E-state index contributed by atoms with van der Waals surface area (Å²) in [7, 11) is 0. The van der Waals surface area contributed by atoms with Crippen LogP contribution in [0.5, 0.6) is 5.75 Å². The van der Waals surface area contributed by atoms with Gasteiger partial charge in [-0.3, -0.25) is 9.69 Å². The van der Waals surface area contributed by atoms with Crippen LogP contribution in [-0.4, -0.2) is 56.8 Å². The highest BCUT2D eigenvalue weighted by Crippen LogP contribution is 2.35. The van der Waals surface area contributed by atoms with Gasteiger partial charge in [0.25, 0.3) is 0 Å². The Bertz CT molecular complexity index is 1080. The molecule has 2 aromatic carbocycles. The average Bonchev–Trinajstić information content (AvgIpc) is 3.43.